The summed E-state index contributed by atoms with van der Waals surface area (Å²) in [6.07, 6.45) is 0. The van der Waals surface area contributed by atoms with E-state index in [1.807, 2.05) is 0 Å². The first-order chi connectivity index (χ1) is 5.33. The van der Waals surface area contributed by atoms with Gasteiger partial charge in [-0.2, -0.15) is 0 Å². The molecule has 0 fully saturated rings. The molecule has 3 nitrogen and oxygen atoms in total. The fourth-order valence-corrected chi connectivity index (χ4v) is 1.13. The minimum Gasteiger partial charge on any atom is -0.360 e. The van der Waals surface area contributed by atoms with Crippen LogP contribution in [-0.2, 0) is 0 Å². The van der Waals surface area contributed by atoms with Crippen molar-refractivity contribution in [2.24, 2.45) is 5.92 Å². The highest BCUT2D eigenvalue weighted by atomic mass is 35.5. The van der Waals surface area contributed by atoms with Crippen LogP contribution in [0.25, 0.3) is 0 Å². The molecule has 1 aromatic heterocycles. The quantitative estimate of drug-likeness (QED) is 0.738. The van der Waals surface area contributed by atoms with Gasteiger partial charge < -0.3 is 5.32 Å². The molecular formula is C6H10ClN3S. The highest BCUT2D eigenvalue weighted by Crippen LogP contribution is 2.08. The molecule has 1 aromatic rings. The molecule has 0 radical (unpaired) electrons. The number of halogens is 1. The standard InChI is InChI=1S/C6H10ClN3S/c1-5(2-7)3-8-6-10-9-4-11-6/h4-5H,2-3H2,1H3,(H,8,10). The molecule has 11 heavy (non-hydrogen) atoms. The van der Waals surface area contributed by atoms with Gasteiger partial charge in [-0.1, -0.05) is 18.3 Å². The molecular weight excluding hydrogens is 182 g/mol. The van der Waals surface area contributed by atoms with Crippen LogP contribution < -0.4 is 5.32 Å². The molecule has 1 rings (SSSR count). The van der Waals surface area contributed by atoms with E-state index in [0.717, 1.165) is 11.7 Å². The summed E-state index contributed by atoms with van der Waals surface area (Å²) in [5.74, 6) is 1.15. The largest absolute Gasteiger partial charge is 0.360 e. The van der Waals surface area contributed by atoms with Crippen LogP contribution in [0.15, 0.2) is 5.51 Å². The van der Waals surface area contributed by atoms with Crippen LogP contribution in [0.1, 0.15) is 6.92 Å². The van der Waals surface area contributed by atoms with E-state index in [4.69, 9.17) is 11.6 Å². The third-order valence-corrected chi connectivity index (χ3v) is 2.40. The number of alkyl halides is 1. The number of hydrogen-bond acceptors (Lipinski definition) is 4. The van der Waals surface area contributed by atoms with E-state index in [0.29, 0.717) is 11.8 Å². The fourth-order valence-electron chi connectivity index (χ4n) is 0.566. The lowest BCUT2D eigenvalue weighted by molar-refractivity contribution is 0.695. The van der Waals surface area contributed by atoms with Gasteiger partial charge in [0.15, 0.2) is 0 Å². The maximum Gasteiger partial charge on any atom is 0.205 e. The Morgan fingerprint density at radius 1 is 1.82 bits per heavy atom. The van der Waals surface area contributed by atoms with E-state index in [1.54, 1.807) is 5.51 Å². The predicted octanol–water partition coefficient (Wildman–Crippen LogP) is 1.82. The number of nitrogens with one attached hydrogen (secondary N) is 1. The van der Waals surface area contributed by atoms with Crippen LogP contribution in [0, 0.1) is 5.92 Å². The van der Waals surface area contributed by atoms with E-state index in [2.05, 4.69) is 22.4 Å². The molecule has 5 heteroatoms. The number of rotatable bonds is 4. The molecule has 0 aliphatic rings. The molecule has 0 aromatic carbocycles. The van der Waals surface area contributed by atoms with E-state index in [-0.39, 0.29) is 0 Å². The molecule has 1 heterocycles. The zero-order valence-electron chi connectivity index (χ0n) is 6.25. The fraction of sp³-hybridized carbons (Fsp3) is 0.667. The van der Waals surface area contributed by atoms with Gasteiger partial charge in [0, 0.05) is 12.4 Å². The summed E-state index contributed by atoms with van der Waals surface area (Å²) in [6.45, 7) is 2.94. The molecule has 1 N–H and O–H groups in total. The first-order valence-electron chi connectivity index (χ1n) is 3.39. The molecule has 0 aliphatic heterocycles. The Morgan fingerprint density at radius 2 is 2.64 bits per heavy atom. The van der Waals surface area contributed by atoms with Crippen molar-refractivity contribution in [3.05, 3.63) is 5.51 Å². The van der Waals surface area contributed by atoms with Crippen LogP contribution in [0.3, 0.4) is 0 Å². The Bertz CT molecular complexity index is 190. The minimum absolute atomic E-state index is 0.473. The topological polar surface area (TPSA) is 37.8 Å². The molecule has 1 atom stereocenters. The van der Waals surface area contributed by atoms with Crippen molar-refractivity contribution >= 4 is 28.1 Å². The zero-order valence-corrected chi connectivity index (χ0v) is 7.82. The van der Waals surface area contributed by atoms with Crippen molar-refractivity contribution in [3.8, 4) is 0 Å². The molecule has 0 saturated heterocycles. The van der Waals surface area contributed by atoms with Gasteiger partial charge >= 0.3 is 0 Å². The van der Waals surface area contributed by atoms with Crippen LogP contribution in [0.2, 0.25) is 0 Å². The Hall–Kier alpha value is -0.350. The van der Waals surface area contributed by atoms with E-state index >= 15 is 0 Å². The average Bonchev–Trinajstić information content (AvgIpc) is 2.52. The normalized spacial score (nSPS) is 12.9. The lowest BCUT2D eigenvalue weighted by Crippen LogP contribution is -2.12. The highest BCUT2D eigenvalue weighted by Gasteiger charge is 2.00. The van der Waals surface area contributed by atoms with E-state index in [9.17, 15) is 0 Å². The summed E-state index contributed by atoms with van der Waals surface area (Å²) in [4.78, 5) is 0. The van der Waals surface area contributed by atoms with Crippen LogP contribution in [0.4, 0.5) is 5.13 Å². The molecule has 62 valence electrons. The third kappa shape index (κ3) is 3.03. The van der Waals surface area contributed by atoms with Gasteiger partial charge in [0.2, 0.25) is 5.13 Å². The second-order valence-corrected chi connectivity index (χ2v) is 3.53. The van der Waals surface area contributed by atoms with Gasteiger partial charge in [-0.25, -0.2) is 0 Å². The van der Waals surface area contributed by atoms with Gasteiger partial charge in [-0.3, -0.25) is 0 Å². The zero-order chi connectivity index (χ0) is 8.10. The van der Waals surface area contributed by atoms with Gasteiger partial charge in [0.25, 0.3) is 0 Å². The summed E-state index contributed by atoms with van der Waals surface area (Å²) in [5.41, 5.74) is 1.70. The van der Waals surface area contributed by atoms with Gasteiger partial charge in [0.05, 0.1) is 0 Å². The monoisotopic (exact) mass is 191 g/mol. The molecule has 0 aliphatic carbocycles. The second kappa shape index (κ2) is 4.51. The summed E-state index contributed by atoms with van der Waals surface area (Å²) >= 11 is 7.12. The van der Waals surface area contributed by atoms with Crippen LogP contribution in [-0.4, -0.2) is 22.6 Å². The third-order valence-electron chi connectivity index (χ3n) is 1.23. The number of nitrogens with zero attached hydrogens (tertiary/aromatic N) is 2. The molecule has 0 saturated carbocycles. The SMILES string of the molecule is CC(CCl)CNc1nncs1. The number of aromatic nitrogens is 2. The summed E-state index contributed by atoms with van der Waals surface area (Å²) < 4.78 is 0. The smallest absolute Gasteiger partial charge is 0.205 e. The van der Waals surface area contributed by atoms with Crippen LogP contribution in [0.5, 0.6) is 0 Å². The van der Waals surface area contributed by atoms with Crippen molar-refractivity contribution in [3.63, 3.8) is 0 Å². The highest BCUT2D eigenvalue weighted by molar-refractivity contribution is 7.13. The summed E-state index contributed by atoms with van der Waals surface area (Å²) in [6, 6.07) is 0. The van der Waals surface area contributed by atoms with Crippen molar-refractivity contribution in [1.29, 1.82) is 0 Å². The molecule has 0 spiro atoms. The van der Waals surface area contributed by atoms with E-state index < -0.39 is 0 Å². The van der Waals surface area contributed by atoms with Gasteiger partial charge in [0.1, 0.15) is 5.51 Å². The van der Waals surface area contributed by atoms with Gasteiger partial charge in [-0.05, 0) is 5.92 Å². The van der Waals surface area contributed by atoms with E-state index in [1.165, 1.54) is 11.3 Å². The van der Waals surface area contributed by atoms with Crippen molar-refractivity contribution in [2.75, 3.05) is 17.7 Å². The molecule has 0 bridgehead atoms. The number of hydrogen-bond donors (Lipinski definition) is 1. The molecule has 1 unspecified atom stereocenters. The lowest BCUT2D eigenvalue weighted by atomic mass is 10.2. The van der Waals surface area contributed by atoms with Crippen LogP contribution >= 0.6 is 22.9 Å². The number of anilines is 1. The summed E-state index contributed by atoms with van der Waals surface area (Å²) in [7, 11) is 0. The maximum atomic E-state index is 5.62. The van der Waals surface area contributed by atoms with Crippen molar-refractivity contribution in [1.82, 2.24) is 10.2 Å². The van der Waals surface area contributed by atoms with Crippen molar-refractivity contribution in [2.45, 2.75) is 6.92 Å². The first-order valence-corrected chi connectivity index (χ1v) is 4.80. The Balaban J connectivity index is 2.23. The predicted molar refractivity (Wildman–Crippen MR) is 48.3 cm³/mol. The minimum atomic E-state index is 0.473. The Kier molecular flexibility index (Phi) is 3.59. The molecule has 0 amide bonds. The van der Waals surface area contributed by atoms with Crippen molar-refractivity contribution < 1.29 is 0 Å². The maximum absolute atomic E-state index is 5.62. The summed E-state index contributed by atoms with van der Waals surface area (Å²) in [5, 5.41) is 11.5. The average molecular weight is 192 g/mol. The van der Waals surface area contributed by atoms with Gasteiger partial charge in [-0.15, -0.1) is 21.8 Å². The lowest BCUT2D eigenvalue weighted by Gasteiger charge is -2.06. The second-order valence-electron chi connectivity index (χ2n) is 2.38. The Morgan fingerprint density at radius 3 is 3.18 bits per heavy atom. The Labute approximate surface area is 74.8 Å². The first kappa shape index (κ1) is 8.74.